The number of carboxylic acids is 1. The summed E-state index contributed by atoms with van der Waals surface area (Å²) in [6, 6.07) is 2.60. The Kier molecular flexibility index (Phi) is 2.42. The molecule has 1 unspecified atom stereocenters. The molecule has 0 aromatic heterocycles. The zero-order valence-electron chi connectivity index (χ0n) is 8.29. The molecule has 1 aliphatic heterocycles. The van der Waals surface area contributed by atoms with Crippen LogP contribution in [0.25, 0.3) is 0 Å². The summed E-state index contributed by atoms with van der Waals surface area (Å²) in [7, 11) is 0. The maximum Gasteiger partial charge on any atom is 0.345 e. The Balaban J connectivity index is 2.54. The molecule has 0 amide bonds. The van der Waals surface area contributed by atoms with E-state index in [9.17, 15) is 9.18 Å². The number of alkyl halides is 1. The molecule has 16 heavy (non-hydrogen) atoms. The molecule has 0 saturated heterocycles. The Morgan fingerprint density at radius 3 is 2.62 bits per heavy atom. The first kappa shape index (κ1) is 11.0. The van der Waals surface area contributed by atoms with Crippen molar-refractivity contribution < 1.29 is 23.8 Å². The molecule has 0 spiro atoms. The number of aliphatic carboxylic acids is 1. The van der Waals surface area contributed by atoms with E-state index in [-0.39, 0.29) is 17.4 Å². The molecule has 1 N–H and O–H groups in total. The third-order valence-electron chi connectivity index (χ3n) is 2.37. The summed E-state index contributed by atoms with van der Waals surface area (Å²) in [6.45, 7) is 0.948. The van der Waals surface area contributed by atoms with Crippen LogP contribution in [0.2, 0.25) is 5.02 Å². The first-order valence-electron chi connectivity index (χ1n) is 4.45. The van der Waals surface area contributed by atoms with Crippen molar-refractivity contribution in [1.29, 1.82) is 0 Å². The molecule has 0 aliphatic carbocycles. The van der Waals surface area contributed by atoms with Gasteiger partial charge in [0.25, 0.3) is 0 Å². The normalized spacial score (nSPS) is 16.9. The molecule has 6 heteroatoms. The van der Waals surface area contributed by atoms with Gasteiger partial charge in [-0.05, 0) is 13.0 Å². The minimum Gasteiger partial charge on any atom is -0.479 e. The summed E-state index contributed by atoms with van der Waals surface area (Å²) in [4.78, 5) is 10.8. The van der Waals surface area contributed by atoms with Gasteiger partial charge in [0.15, 0.2) is 11.5 Å². The number of rotatable bonds is 2. The highest BCUT2D eigenvalue weighted by Crippen LogP contribution is 2.41. The highest BCUT2D eigenvalue weighted by Gasteiger charge is 2.38. The van der Waals surface area contributed by atoms with E-state index in [1.165, 1.54) is 12.1 Å². The second kappa shape index (κ2) is 3.52. The van der Waals surface area contributed by atoms with Gasteiger partial charge in [-0.1, -0.05) is 11.6 Å². The molecule has 1 atom stereocenters. The summed E-state index contributed by atoms with van der Waals surface area (Å²) in [5.74, 6) is -0.923. The van der Waals surface area contributed by atoms with E-state index in [0.717, 1.165) is 6.92 Å². The van der Waals surface area contributed by atoms with Gasteiger partial charge in [-0.3, -0.25) is 0 Å². The molecule has 4 nitrogen and oxygen atoms in total. The summed E-state index contributed by atoms with van der Waals surface area (Å²) in [6.07, 6.45) is 0. The summed E-state index contributed by atoms with van der Waals surface area (Å²) in [5, 5.41) is 8.76. The minimum atomic E-state index is -2.56. The van der Waals surface area contributed by atoms with Crippen molar-refractivity contribution >= 4 is 17.6 Å². The molecule has 1 aromatic carbocycles. The number of halogens is 2. The molecule has 86 valence electrons. The SMILES string of the molecule is CC(F)(C(=O)O)c1cc2c(cc1Cl)OCO2. The van der Waals surface area contributed by atoms with E-state index in [0.29, 0.717) is 11.5 Å². The first-order valence-corrected chi connectivity index (χ1v) is 4.82. The monoisotopic (exact) mass is 246 g/mol. The van der Waals surface area contributed by atoms with Gasteiger partial charge < -0.3 is 14.6 Å². The Hall–Kier alpha value is -1.49. The van der Waals surface area contributed by atoms with Crippen molar-refractivity contribution in [3.05, 3.63) is 22.7 Å². The number of fused-ring (bicyclic) bond motifs is 1. The number of hydrogen-bond donors (Lipinski definition) is 1. The van der Waals surface area contributed by atoms with Crippen LogP contribution in [0, 0.1) is 0 Å². The van der Waals surface area contributed by atoms with Crippen molar-refractivity contribution in [1.82, 2.24) is 0 Å². The predicted octanol–water partition coefficient (Wildman–Crippen LogP) is 2.34. The topological polar surface area (TPSA) is 55.8 Å². The minimum absolute atomic E-state index is 0.00310. The van der Waals surface area contributed by atoms with Crippen LogP contribution in [0.15, 0.2) is 12.1 Å². The smallest absolute Gasteiger partial charge is 0.345 e. The third kappa shape index (κ3) is 1.57. The lowest BCUT2D eigenvalue weighted by molar-refractivity contribution is -0.150. The van der Waals surface area contributed by atoms with Crippen molar-refractivity contribution in [2.75, 3.05) is 6.79 Å². The van der Waals surface area contributed by atoms with E-state index in [1.807, 2.05) is 0 Å². The van der Waals surface area contributed by atoms with E-state index in [2.05, 4.69) is 0 Å². The van der Waals surface area contributed by atoms with Gasteiger partial charge in [0.2, 0.25) is 12.5 Å². The molecule has 0 saturated carbocycles. The van der Waals surface area contributed by atoms with Crippen molar-refractivity contribution in [2.45, 2.75) is 12.6 Å². The first-order chi connectivity index (χ1) is 7.43. The average molecular weight is 247 g/mol. The summed E-state index contributed by atoms with van der Waals surface area (Å²) < 4.78 is 24.0. The maximum atomic E-state index is 13.9. The lowest BCUT2D eigenvalue weighted by Gasteiger charge is -2.17. The summed E-state index contributed by atoms with van der Waals surface area (Å²) in [5.41, 5.74) is -2.70. The number of carboxylic acid groups (broad SMARTS) is 1. The molecule has 0 radical (unpaired) electrons. The van der Waals surface area contributed by atoms with Crippen molar-refractivity contribution in [3.63, 3.8) is 0 Å². The van der Waals surface area contributed by atoms with Gasteiger partial charge in [0.05, 0.1) is 5.02 Å². The van der Waals surface area contributed by atoms with Gasteiger partial charge >= 0.3 is 5.97 Å². The fourth-order valence-corrected chi connectivity index (χ4v) is 1.72. The lowest BCUT2D eigenvalue weighted by atomic mass is 9.97. The zero-order chi connectivity index (χ0) is 11.9. The van der Waals surface area contributed by atoms with E-state index in [1.54, 1.807) is 0 Å². The molecule has 1 aromatic rings. The lowest BCUT2D eigenvalue weighted by Crippen LogP contribution is -2.27. The van der Waals surface area contributed by atoms with Crippen LogP contribution in [0.1, 0.15) is 12.5 Å². The highest BCUT2D eigenvalue weighted by molar-refractivity contribution is 6.32. The van der Waals surface area contributed by atoms with E-state index >= 15 is 0 Å². The molecular weight excluding hydrogens is 239 g/mol. The highest BCUT2D eigenvalue weighted by atomic mass is 35.5. The van der Waals surface area contributed by atoms with Gasteiger partial charge in [-0.2, -0.15) is 0 Å². The largest absolute Gasteiger partial charge is 0.479 e. The third-order valence-corrected chi connectivity index (χ3v) is 2.68. The number of ether oxygens (including phenoxy) is 2. The standard InChI is InChI=1S/C10H8ClFO4/c1-10(12,9(13)14)5-2-7-8(3-6(5)11)16-4-15-7/h2-3H,4H2,1H3,(H,13,14). The van der Waals surface area contributed by atoms with Crippen LogP contribution in [0.5, 0.6) is 11.5 Å². The van der Waals surface area contributed by atoms with Crippen LogP contribution in [0.3, 0.4) is 0 Å². The molecule has 2 rings (SSSR count). The molecular formula is C10H8ClFO4. The van der Waals surface area contributed by atoms with Crippen LogP contribution in [-0.2, 0) is 10.5 Å². The molecule has 1 aliphatic rings. The Bertz CT molecular complexity index is 458. The van der Waals surface area contributed by atoms with E-state index < -0.39 is 11.6 Å². The van der Waals surface area contributed by atoms with Crippen molar-refractivity contribution in [2.24, 2.45) is 0 Å². The quantitative estimate of drug-likeness (QED) is 0.870. The molecule has 0 bridgehead atoms. The van der Waals surface area contributed by atoms with Crippen LogP contribution < -0.4 is 9.47 Å². The van der Waals surface area contributed by atoms with Gasteiger partial charge in [0.1, 0.15) is 0 Å². The molecule has 1 heterocycles. The number of benzene rings is 1. The maximum absolute atomic E-state index is 13.9. The van der Waals surface area contributed by atoms with Crippen LogP contribution >= 0.6 is 11.6 Å². The Morgan fingerprint density at radius 2 is 2.06 bits per heavy atom. The fraction of sp³-hybridized carbons (Fsp3) is 0.300. The van der Waals surface area contributed by atoms with Crippen LogP contribution in [0.4, 0.5) is 4.39 Å². The second-order valence-electron chi connectivity index (χ2n) is 3.49. The average Bonchev–Trinajstić information content (AvgIpc) is 2.62. The van der Waals surface area contributed by atoms with E-state index in [4.69, 9.17) is 26.2 Å². The Morgan fingerprint density at radius 1 is 1.50 bits per heavy atom. The number of hydrogen-bond acceptors (Lipinski definition) is 3. The van der Waals surface area contributed by atoms with Crippen LogP contribution in [-0.4, -0.2) is 17.9 Å². The number of carbonyl (C=O) groups is 1. The van der Waals surface area contributed by atoms with Crippen molar-refractivity contribution in [3.8, 4) is 11.5 Å². The molecule has 0 fully saturated rings. The second-order valence-corrected chi connectivity index (χ2v) is 3.90. The Labute approximate surface area is 95.5 Å². The van der Waals surface area contributed by atoms with Gasteiger partial charge in [-0.25, -0.2) is 9.18 Å². The predicted molar refractivity (Wildman–Crippen MR) is 53.7 cm³/mol. The zero-order valence-corrected chi connectivity index (χ0v) is 9.05. The van der Waals surface area contributed by atoms with Gasteiger partial charge in [-0.15, -0.1) is 0 Å². The summed E-state index contributed by atoms with van der Waals surface area (Å²) >= 11 is 5.80. The fourth-order valence-electron chi connectivity index (χ4n) is 1.39. The van der Waals surface area contributed by atoms with Gasteiger partial charge in [0, 0.05) is 11.6 Å².